The van der Waals surface area contributed by atoms with Crippen LogP contribution in [-0.4, -0.2) is 28.0 Å². The molecule has 0 aliphatic heterocycles. The fraction of sp³-hybridized carbons (Fsp3) is 0.467. The van der Waals surface area contributed by atoms with Crippen LogP contribution in [0.5, 0.6) is 0 Å². The second-order valence-electron chi connectivity index (χ2n) is 11.3. The smallest absolute Gasteiger partial charge is 0.227 e. The van der Waals surface area contributed by atoms with E-state index in [0.717, 1.165) is 25.7 Å². The Morgan fingerprint density at radius 3 is 2.61 bits per heavy atom. The lowest BCUT2D eigenvalue weighted by Crippen LogP contribution is -2.42. The highest BCUT2D eigenvalue weighted by Crippen LogP contribution is 2.50. The Morgan fingerprint density at radius 2 is 1.85 bits per heavy atom. The molecule has 1 heterocycles. The number of aromatic nitrogens is 2. The monoisotopic (exact) mass is 604 g/mol. The summed E-state index contributed by atoms with van der Waals surface area (Å²) < 4.78 is 34.2. The molecule has 0 unspecified atom stereocenters. The number of halogens is 4. The lowest BCUT2D eigenvalue weighted by atomic mass is 9.76. The van der Waals surface area contributed by atoms with E-state index in [0.29, 0.717) is 19.3 Å². The van der Waals surface area contributed by atoms with Crippen LogP contribution < -0.4 is 10.6 Å². The second-order valence-corrected chi connectivity index (χ2v) is 12.1. The zero-order valence-corrected chi connectivity index (χ0v) is 24.2. The van der Waals surface area contributed by atoms with Gasteiger partial charge in [-0.05, 0) is 61.8 Å². The maximum absolute atomic E-state index is 15.1. The highest BCUT2D eigenvalue weighted by atomic mass is 35.5. The van der Waals surface area contributed by atoms with Crippen molar-refractivity contribution >= 4 is 35.0 Å². The lowest BCUT2D eigenvalue weighted by Gasteiger charge is -2.36. The highest BCUT2D eigenvalue weighted by Gasteiger charge is 2.43. The van der Waals surface area contributed by atoms with Gasteiger partial charge in [0.2, 0.25) is 23.5 Å². The highest BCUT2D eigenvalue weighted by molar-refractivity contribution is 6.42. The first kappa shape index (κ1) is 29.5. The molecule has 2 aliphatic carbocycles. The van der Waals surface area contributed by atoms with E-state index in [-0.39, 0.29) is 74.9 Å². The molecular formula is C30H32Cl2F2N4O3. The summed E-state index contributed by atoms with van der Waals surface area (Å²) in [4.78, 5) is 30.3. The van der Waals surface area contributed by atoms with Crippen molar-refractivity contribution in [3.8, 4) is 11.4 Å². The molecule has 7 nitrogen and oxygen atoms in total. The molecule has 2 N–H and O–H groups in total. The maximum Gasteiger partial charge on any atom is 0.227 e. The summed E-state index contributed by atoms with van der Waals surface area (Å²) in [5, 5.41) is 10.3. The minimum Gasteiger partial charge on any atom is -0.353 e. The fourth-order valence-electron chi connectivity index (χ4n) is 6.11. The molecule has 2 fully saturated rings. The number of nitrogens with one attached hydrogen (secondary N) is 2. The van der Waals surface area contributed by atoms with Gasteiger partial charge in [0.25, 0.3) is 0 Å². The van der Waals surface area contributed by atoms with Crippen molar-refractivity contribution in [1.29, 1.82) is 0 Å². The predicted octanol–water partition coefficient (Wildman–Crippen LogP) is 6.98. The molecule has 2 aromatic carbocycles. The van der Waals surface area contributed by atoms with Gasteiger partial charge in [0, 0.05) is 30.4 Å². The summed E-state index contributed by atoms with van der Waals surface area (Å²) in [6, 6.07) is 8.05. The first-order chi connectivity index (χ1) is 19.6. The van der Waals surface area contributed by atoms with E-state index in [1.807, 2.05) is 0 Å². The van der Waals surface area contributed by atoms with Gasteiger partial charge in [-0.1, -0.05) is 60.3 Å². The molecule has 0 saturated heterocycles. The van der Waals surface area contributed by atoms with E-state index >= 15 is 4.39 Å². The van der Waals surface area contributed by atoms with Crippen molar-refractivity contribution in [3.05, 3.63) is 69.5 Å². The summed E-state index contributed by atoms with van der Waals surface area (Å²) in [5.41, 5.74) is 0.114. The average Bonchev–Trinajstić information content (AvgIpc) is 3.71. The van der Waals surface area contributed by atoms with Gasteiger partial charge in [-0.2, -0.15) is 4.98 Å². The number of nitrogens with zero attached hydrogens (tertiary/aromatic N) is 2. The first-order valence-corrected chi connectivity index (χ1v) is 14.7. The van der Waals surface area contributed by atoms with Crippen molar-refractivity contribution in [2.24, 2.45) is 11.3 Å². The van der Waals surface area contributed by atoms with Gasteiger partial charge >= 0.3 is 0 Å². The third-order valence-electron chi connectivity index (χ3n) is 8.41. The van der Waals surface area contributed by atoms with Gasteiger partial charge in [-0.25, -0.2) is 8.78 Å². The largest absolute Gasteiger partial charge is 0.353 e. The van der Waals surface area contributed by atoms with E-state index in [1.165, 1.54) is 18.2 Å². The van der Waals surface area contributed by atoms with Crippen LogP contribution in [0.15, 0.2) is 40.9 Å². The SMILES string of the molecule is CC1([C@H](NC(=O)[C@H]2CC[C@@H](NC(=O)CCc3nc(-c4ccccc4F)no3)C2)c2c(F)ccc(Cl)c2Cl)CCCC1. The molecule has 0 radical (unpaired) electrons. The number of carbonyl (C=O) groups excluding carboxylic acids is 2. The third-order valence-corrected chi connectivity index (χ3v) is 9.23. The summed E-state index contributed by atoms with van der Waals surface area (Å²) in [5.74, 6) is -1.29. The van der Waals surface area contributed by atoms with Crippen LogP contribution in [0, 0.1) is 23.0 Å². The number of amides is 2. The van der Waals surface area contributed by atoms with Crippen LogP contribution in [0.1, 0.15) is 75.8 Å². The summed E-state index contributed by atoms with van der Waals surface area (Å²) in [7, 11) is 0. The first-order valence-electron chi connectivity index (χ1n) is 14.0. The Bertz CT molecular complexity index is 1430. The van der Waals surface area contributed by atoms with Crippen molar-refractivity contribution in [2.45, 2.75) is 76.8 Å². The summed E-state index contributed by atoms with van der Waals surface area (Å²) in [6.07, 6.45) is 5.71. The maximum atomic E-state index is 15.1. The van der Waals surface area contributed by atoms with Crippen molar-refractivity contribution in [3.63, 3.8) is 0 Å². The molecule has 41 heavy (non-hydrogen) atoms. The van der Waals surface area contributed by atoms with Crippen LogP contribution in [0.4, 0.5) is 8.78 Å². The zero-order valence-electron chi connectivity index (χ0n) is 22.7. The molecule has 2 saturated carbocycles. The summed E-state index contributed by atoms with van der Waals surface area (Å²) >= 11 is 12.7. The number of carbonyl (C=O) groups is 2. The van der Waals surface area contributed by atoms with Gasteiger partial charge in [0.1, 0.15) is 11.6 Å². The van der Waals surface area contributed by atoms with Crippen molar-refractivity contribution in [2.75, 3.05) is 0 Å². The van der Waals surface area contributed by atoms with Crippen LogP contribution in [0.2, 0.25) is 10.0 Å². The standard InChI is InChI=1S/C30H32Cl2F2N4O3/c1-30(14-4-5-15-30)27(25-22(34)11-10-20(31)26(25)32)37-29(40)17-8-9-18(16-17)35-23(39)12-13-24-36-28(38-41-24)19-6-2-3-7-21(19)33/h2-3,6-7,10-11,17-18,27H,4-5,8-9,12-16H2,1H3,(H,35,39)(H,37,40)/t17-,18+,27+/m0/s1. The molecular weight excluding hydrogens is 573 g/mol. The molecule has 11 heteroatoms. The van der Waals surface area contributed by atoms with Crippen LogP contribution in [0.3, 0.4) is 0 Å². The van der Waals surface area contributed by atoms with Crippen molar-refractivity contribution in [1.82, 2.24) is 20.8 Å². The molecule has 3 aromatic rings. The van der Waals surface area contributed by atoms with E-state index < -0.39 is 17.7 Å². The van der Waals surface area contributed by atoms with Gasteiger partial charge < -0.3 is 15.2 Å². The molecule has 3 atom stereocenters. The molecule has 1 aromatic heterocycles. The van der Waals surface area contributed by atoms with E-state index in [2.05, 4.69) is 27.7 Å². The molecule has 218 valence electrons. The zero-order chi connectivity index (χ0) is 29.1. The Balaban J connectivity index is 1.17. The van der Waals surface area contributed by atoms with E-state index in [4.69, 9.17) is 27.7 Å². The molecule has 2 aliphatic rings. The number of rotatable bonds is 9. The molecule has 5 rings (SSSR count). The van der Waals surface area contributed by atoms with Gasteiger partial charge in [0.05, 0.1) is 21.7 Å². The molecule has 0 bridgehead atoms. The van der Waals surface area contributed by atoms with Crippen LogP contribution in [-0.2, 0) is 16.0 Å². The third kappa shape index (κ3) is 6.56. The molecule has 0 spiro atoms. The van der Waals surface area contributed by atoms with E-state index in [9.17, 15) is 14.0 Å². The van der Waals surface area contributed by atoms with Crippen molar-refractivity contribution < 1.29 is 22.9 Å². The van der Waals surface area contributed by atoms with Crippen LogP contribution >= 0.6 is 23.2 Å². The number of hydrogen-bond donors (Lipinski definition) is 2. The van der Waals surface area contributed by atoms with Crippen LogP contribution in [0.25, 0.3) is 11.4 Å². The predicted molar refractivity (Wildman–Crippen MR) is 151 cm³/mol. The number of hydrogen-bond acceptors (Lipinski definition) is 5. The normalized spacial score (nSPS) is 20.6. The van der Waals surface area contributed by atoms with E-state index in [1.54, 1.807) is 18.2 Å². The quantitative estimate of drug-likeness (QED) is 0.257. The van der Waals surface area contributed by atoms with Gasteiger partial charge in [-0.3, -0.25) is 9.59 Å². The fourth-order valence-corrected chi connectivity index (χ4v) is 6.54. The minimum absolute atomic E-state index is 0.110. The lowest BCUT2D eigenvalue weighted by molar-refractivity contribution is -0.127. The van der Waals surface area contributed by atoms with Gasteiger partial charge in [-0.15, -0.1) is 0 Å². The Kier molecular flexibility index (Phi) is 8.94. The average molecular weight is 606 g/mol. The number of aryl methyl sites for hydroxylation is 1. The van der Waals surface area contributed by atoms with Gasteiger partial charge in [0.15, 0.2) is 0 Å². The Hall–Kier alpha value is -3.04. The second kappa shape index (κ2) is 12.4. The minimum atomic E-state index is -0.610. The topological polar surface area (TPSA) is 97.1 Å². The molecule has 2 amide bonds. The Labute approximate surface area is 247 Å². The summed E-state index contributed by atoms with van der Waals surface area (Å²) in [6.45, 7) is 2.06. The number of benzene rings is 2. The Morgan fingerprint density at radius 1 is 1.10 bits per heavy atom.